The van der Waals surface area contributed by atoms with Crippen molar-refractivity contribution in [3.63, 3.8) is 0 Å². The van der Waals surface area contributed by atoms with Crippen molar-refractivity contribution in [3.8, 4) is 0 Å². The second kappa shape index (κ2) is 8.78. The molecule has 2 N–H and O–H groups in total. The molecule has 0 bridgehead atoms. The van der Waals surface area contributed by atoms with E-state index in [0.29, 0.717) is 6.07 Å². The summed E-state index contributed by atoms with van der Waals surface area (Å²) in [7, 11) is -4.30. The molecular weight excluding hydrogens is 419 g/mol. The zero-order chi connectivity index (χ0) is 22.1. The lowest BCUT2D eigenvalue weighted by molar-refractivity contribution is -0.137. The van der Waals surface area contributed by atoms with E-state index in [-0.39, 0.29) is 36.1 Å². The van der Waals surface area contributed by atoms with Gasteiger partial charge in [0.2, 0.25) is 10.0 Å². The molecule has 3 rings (SSSR count). The first-order valence-corrected chi connectivity index (χ1v) is 11.4. The third kappa shape index (κ3) is 5.11. The molecule has 0 aliphatic carbocycles. The number of fused-ring (bicyclic) bond motifs is 1. The smallest absolute Gasteiger partial charge is 0.390 e. The molecule has 1 saturated heterocycles. The maximum atomic E-state index is 13.2. The van der Waals surface area contributed by atoms with Gasteiger partial charge in [0.25, 0.3) is 0 Å². The van der Waals surface area contributed by atoms with E-state index in [2.05, 4.69) is 28.5 Å². The van der Waals surface area contributed by atoms with Gasteiger partial charge >= 0.3 is 6.18 Å². The molecule has 6 nitrogen and oxygen atoms in total. The van der Waals surface area contributed by atoms with Crippen molar-refractivity contribution in [2.75, 3.05) is 13.1 Å². The number of pyridine rings is 1. The quantitative estimate of drug-likeness (QED) is 0.714. The number of rotatable bonds is 6. The average molecular weight is 446 g/mol. The number of nitrogens with one attached hydrogen (secondary N) is 1. The number of likely N-dealkylation sites (tertiary alicyclic amines) is 1. The molecule has 2 aromatic rings. The van der Waals surface area contributed by atoms with E-state index in [4.69, 9.17) is 0 Å². The van der Waals surface area contributed by atoms with Gasteiger partial charge in [-0.25, -0.2) is 13.1 Å². The molecule has 1 aromatic carbocycles. The van der Waals surface area contributed by atoms with Crippen LogP contribution in [0.15, 0.2) is 35.4 Å². The first-order valence-electron chi connectivity index (χ1n) is 9.88. The SMILES string of the molecule is CC1CCCC(C)N1C[C@@H](O)CNS(=O)(=O)c1cc(C(F)(F)F)cc2ncccc12. The maximum absolute atomic E-state index is 13.2. The van der Waals surface area contributed by atoms with Gasteiger partial charge in [-0.15, -0.1) is 0 Å². The van der Waals surface area contributed by atoms with Crippen molar-refractivity contribution >= 4 is 20.9 Å². The summed E-state index contributed by atoms with van der Waals surface area (Å²) in [6.07, 6.45) is -1.28. The summed E-state index contributed by atoms with van der Waals surface area (Å²) in [4.78, 5) is 5.49. The van der Waals surface area contributed by atoms with Crippen LogP contribution in [0.3, 0.4) is 0 Å². The highest BCUT2D eigenvalue weighted by Gasteiger charge is 2.33. The third-order valence-corrected chi connectivity index (χ3v) is 7.07. The molecule has 30 heavy (non-hydrogen) atoms. The summed E-state index contributed by atoms with van der Waals surface area (Å²) in [5, 5.41) is 10.5. The largest absolute Gasteiger partial charge is 0.416 e. The molecule has 0 radical (unpaired) electrons. The van der Waals surface area contributed by atoms with E-state index in [9.17, 15) is 26.7 Å². The van der Waals surface area contributed by atoms with E-state index in [1.165, 1.54) is 18.3 Å². The third-order valence-electron chi connectivity index (χ3n) is 5.61. The average Bonchev–Trinajstić information content (AvgIpc) is 2.68. The molecule has 0 saturated carbocycles. The number of benzene rings is 1. The monoisotopic (exact) mass is 445 g/mol. The van der Waals surface area contributed by atoms with Crippen LogP contribution in [-0.2, 0) is 16.2 Å². The lowest BCUT2D eigenvalue weighted by Crippen LogP contribution is -2.49. The van der Waals surface area contributed by atoms with Gasteiger partial charge in [0.15, 0.2) is 0 Å². The fraction of sp³-hybridized carbons (Fsp3) is 0.550. The number of hydrogen-bond donors (Lipinski definition) is 2. The van der Waals surface area contributed by atoms with E-state index in [1.54, 1.807) is 0 Å². The predicted molar refractivity (Wildman–Crippen MR) is 107 cm³/mol. The zero-order valence-electron chi connectivity index (χ0n) is 16.9. The van der Waals surface area contributed by atoms with E-state index in [0.717, 1.165) is 25.3 Å². The number of aliphatic hydroxyl groups is 1. The highest BCUT2D eigenvalue weighted by Crippen LogP contribution is 2.34. The lowest BCUT2D eigenvalue weighted by Gasteiger charge is -2.40. The number of halogens is 3. The molecule has 2 heterocycles. The number of hydrogen-bond acceptors (Lipinski definition) is 5. The van der Waals surface area contributed by atoms with Crippen molar-refractivity contribution in [1.82, 2.24) is 14.6 Å². The minimum absolute atomic E-state index is 0.0655. The number of piperidine rings is 1. The molecular formula is C20H26F3N3O3S. The summed E-state index contributed by atoms with van der Waals surface area (Å²) in [6.45, 7) is 4.12. The molecule has 3 atom stereocenters. The second-order valence-corrected chi connectivity index (χ2v) is 9.61. The van der Waals surface area contributed by atoms with Gasteiger partial charge in [-0.05, 0) is 51.0 Å². The first-order chi connectivity index (χ1) is 14.0. The Kier molecular flexibility index (Phi) is 6.71. The second-order valence-electron chi connectivity index (χ2n) is 7.87. The number of alkyl halides is 3. The van der Waals surface area contributed by atoms with Crippen LogP contribution in [-0.4, -0.2) is 54.7 Å². The molecule has 1 aliphatic heterocycles. The maximum Gasteiger partial charge on any atom is 0.416 e. The first kappa shape index (κ1) is 22.9. The highest BCUT2D eigenvalue weighted by atomic mass is 32.2. The fourth-order valence-corrected chi connectivity index (χ4v) is 5.27. The Morgan fingerprint density at radius 3 is 2.57 bits per heavy atom. The normalized spacial score (nSPS) is 22.3. The minimum atomic E-state index is -4.71. The summed E-state index contributed by atoms with van der Waals surface area (Å²) in [6, 6.07) is 4.85. The van der Waals surface area contributed by atoms with Crippen molar-refractivity contribution in [3.05, 3.63) is 36.0 Å². The van der Waals surface area contributed by atoms with Gasteiger partial charge in [-0.3, -0.25) is 9.88 Å². The molecule has 166 valence electrons. The van der Waals surface area contributed by atoms with Crippen LogP contribution in [0.2, 0.25) is 0 Å². The number of β-amino-alcohol motifs (C(OH)–C–C–N with tert-alkyl or cyclic N) is 1. The topological polar surface area (TPSA) is 82.5 Å². The molecule has 1 aliphatic rings. The Hall–Kier alpha value is -1.75. The van der Waals surface area contributed by atoms with Crippen molar-refractivity contribution < 1.29 is 26.7 Å². The molecule has 1 fully saturated rings. The van der Waals surface area contributed by atoms with Crippen LogP contribution in [0.4, 0.5) is 13.2 Å². The Balaban J connectivity index is 1.81. The lowest BCUT2D eigenvalue weighted by atomic mass is 9.97. The van der Waals surface area contributed by atoms with Gasteiger partial charge < -0.3 is 5.11 Å². The number of nitrogens with zero attached hydrogens (tertiary/aromatic N) is 2. The zero-order valence-corrected chi connectivity index (χ0v) is 17.7. The van der Waals surface area contributed by atoms with Crippen LogP contribution in [0.5, 0.6) is 0 Å². The molecule has 2 unspecified atom stereocenters. The minimum Gasteiger partial charge on any atom is -0.390 e. The van der Waals surface area contributed by atoms with Crippen LogP contribution < -0.4 is 4.72 Å². The Morgan fingerprint density at radius 2 is 1.93 bits per heavy atom. The van der Waals surface area contributed by atoms with E-state index in [1.807, 2.05) is 0 Å². The summed E-state index contributed by atoms with van der Waals surface area (Å²) in [5.41, 5.74) is -1.16. The molecule has 10 heteroatoms. The fourth-order valence-electron chi connectivity index (χ4n) is 3.96. The van der Waals surface area contributed by atoms with E-state index >= 15 is 0 Å². The summed E-state index contributed by atoms with van der Waals surface area (Å²) in [5.74, 6) is 0. The van der Waals surface area contributed by atoms with Crippen LogP contribution in [0, 0.1) is 0 Å². The van der Waals surface area contributed by atoms with Crippen molar-refractivity contribution in [2.45, 2.75) is 62.4 Å². The van der Waals surface area contributed by atoms with Gasteiger partial charge in [0.1, 0.15) is 0 Å². The van der Waals surface area contributed by atoms with Gasteiger partial charge in [0.05, 0.1) is 22.1 Å². The Morgan fingerprint density at radius 1 is 1.27 bits per heavy atom. The summed E-state index contributed by atoms with van der Waals surface area (Å²) < 4.78 is 67.6. The Labute approximate surface area is 174 Å². The standard InChI is InChI=1S/C20H26F3N3O3S/c1-13-5-3-6-14(2)26(13)12-16(27)11-25-30(28,29)19-10-15(20(21,22)23)9-18-17(19)7-4-8-24-18/h4,7-10,13-14,16,25,27H,3,5-6,11-12H2,1-2H3/t13?,14?,16-/m0/s1. The number of aliphatic hydroxyl groups excluding tert-OH is 1. The van der Waals surface area contributed by atoms with Crippen molar-refractivity contribution in [2.24, 2.45) is 0 Å². The highest BCUT2D eigenvalue weighted by molar-refractivity contribution is 7.89. The summed E-state index contributed by atoms with van der Waals surface area (Å²) >= 11 is 0. The van der Waals surface area contributed by atoms with E-state index < -0.39 is 32.8 Å². The van der Waals surface area contributed by atoms with Gasteiger partial charge in [0, 0.05) is 36.8 Å². The van der Waals surface area contributed by atoms with Crippen molar-refractivity contribution in [1.29, 1.82) is 0 Å². The van der Waals surface area contributed by atoms with Gasteiger partial charge in [-0.2, -0.15) is 13.2 Å². The molecule has 0 spiro atoms. The van der Waals surface area contributed by atoms with Crippen LogP contribution in [0.1, 0.15) is 38.7 Å². The molecule has 1 aromatic heterocycles. The number of sulfonamides is 1. The van der Waals surface area contributed by atoms with Crippen LogP contribution in [0.25, 0.3) is 10.9 Å². The molecule has 0 amide bonds. The predicted octanol–water partition coefficient (Wildman–Crippen LogP) is 3.16. The van der Waals surface area contributed by atoms with Gasteiger partial charge in [-0.1, -0.05) is 6.42 Å². The van der Waals surface area contributed by atoms with Crippen LogP contribution >= 0.6 is 0 Å². The Bertz CT molecular complexity index is 988. The number of aromatic nitrogens is 1.